The number of fused-ring (bicyclic) bond motifs is 1. The molecule has 0 saturated heterocycles. The van der Waals surface area contributed by atoms with Crippen LogP contribution in [0.3, 0.4) is 0 Å². The van der Waals surface area contributed by atoms with Crippen LogP contribution in [0.1, 0.15) is 53.6 Å². The Bertz CT molecular complexity index is 1310. The Kier molecular flexibility index (Phi) is 5.88. The van der Waals surface area contributed by atoms with Gasteiger partial charge in [-0.05, 0) is 45.7 Å². The zero-order chi connectivity index (χ0) is 23.1. The number of thioether (sulfide) groups is 1. The van der Waals surface area contributed by atoms with Crippen LogP contribution >= 0.6 is 11.8 Å². The van der Waals surface area contributed by atoms with Gasteiger partial charge in [-0.25, -0.2) is 0 Å². The van der Waals surface area contributed by atoms with Crippen LogP contribution < -0.4 is 0 Å². The molecule has 8 heteroatoms. The van der Waals surface area contributed by atoms with Crippen LogP contribution in [-0.2, 0) is 4.74 Å². The first-order chi connectivity index (χ1) is 16.0. The number of nitrogens with zero attached hydrogens (tertiary/aromatic N) is 4. The monoisotopic (exact) mass is 463 g/mol. The van der Waals surface area contributed by atoms with Crippen LogP contribution in [0.15, 0.2) is 41.7 Å². The van der Waals surface area contributed by atoms with Crippen LogP contribution in [0.5, 0.6) is 0 Å². The minimum Gasteiger partial charge on any atom is -0.383 e. The third-order valence-corrected chi connectivity index (χ3v) is 7.32. The number of hydrogen-bond donors (Lipinski definition) is 1. The SMILES string of the molecule is COCC(C)n1c(C)cc(C(=O)CSc2nnc(-c3c[nH]c4ccccc34)n2C2CC2)c1C. The first kappa shape index (κ1) is 22.0. The fourth-order valence-electron chi connectivity index (χ4n) is 4.74. The lowest BCUT2D eigenvalue weighted by atomic mass is 10.1. The number of aromatic amines is 1. The highest BCUT2D eigenvalue weighted by Crippen LogP contribution is 2.42. The quantitative estimate of drug-likeness (QED) is 0.267. The zero-order valence-electron chi connectivity index (χ0n) is 19.5. The second kappa shape index (κ2) is 8.83. The Morgan fingerprint density at radius 2 is 2.06 bits per heavy atom. The molecule has 0 aliphatic heterocycles. The minimum atomic E-state index is 0.114. The number of benzene rings is 1. The van der Waals surface area contributed by atoms with E-state index in [-0.39, 0.29) is 11.8 Å². The summed E-state index contributed by atoms with van der Waals surface area (Å²) in [6, 6.07) is 10.8. The van der Waals surface area contributed by atoms with E-state index < -0.39 is 0 Å². The smallest absolute Gasteiger partial charge is 0.192 e. The standard InChI is InChI=1S/C25H29N5O2S/c1-15-11-20(17(3)29(15)16(2)13-32-4)23(31)14-33-25-28-27-24(30(25)18-9-10-18)21-12-26-22-8-6-5-7-19(21)22/h5-8,11-12,16,18,26H,9-10,13-14H2,1-4H3. The van der Waals surface area contributed by atoms with E-state index in [0.717, 1.165) is 57.2 Å². The maximum Gasteiger partial charge on any atom is 0.192 e. The predicted octanol–water partition coefficient (Wildman–Crippen LogP) is 5.36. The summed E-state index contributed by atoms with van der Waals surface area (Å²) in [5.74, 6) is 1.32. The van der Waals surface area contributed by atoms with Crippen molar-refractivity contribution in [3.63, 3.8) is 0 Å². The lowest BCUT2D eigenvalue weighted by Gasteiger charge is -2.17. The number of ketones is 1. The second-order valence-electron chi connectivity index (χ2n) is 8.83. The Labute approximate surface area is 197 Å². The van der Waals surface area contributed by atoms with Gasteiger partial charge in [-0.3, -0.25) is 9.36 Å². The number of aryl methyl sites for hydroxylation is 1. The maximum absolute atomic E-state index is 13.2. The first-order valence-corrected chi connectivity index (χ1v) is 12.3. The van der Waals surface area contributed by atoms with Crippen molar-refractivity contribution in [1.82, 2.24) is 24.3 Å². The highest BCUT2D eigenvalue weighted by atomic mass is 32.2. The number of methoxy groups -OCH3 is 1. The minimum absolute atomic E-state index is 0.114. The summed E-state index contributed by atoms with van der Waals surface area (Å²) in [5.41, 5.74) is 4.98. The number of nitrogens with one attached hydrogen (secondary N) is 1. The molecule has 1 unspecified atom stereocenters. The number of ether oxygens (including phenoxy) is 1. The predicted molar refractivity (Wildman–Crippen MR) is 131 cm³/mol. The normalized spacial score (nSPS) is 14.8. The molecule has 3 aromatic heterocycles. The van der Waals surface area contributed by atoms with E-state index >= 15 is 0 Å². The average Bonchev–Trinajstić information content (AvgIpc) is 3.29. The van der Waals surface area contributed by atoms with E-state index in [2.05, 4.69) is 43.4 Å². The number of Topliss-reactive ketones (excluding diaryl/α,β-unsaturated/α-hetero) is 1. The molecule has 1 fully saturated rings. The van der Waals surface area contributed by atoms with Crippen molar-refractivity contribution in [3.05, 3.63) is 53.5 Å². The van der Waals surface area contributed by atoms with Gasteiger partial charge >= 0.3 is 0 Å². The highest BCUT2D eigenvalue weighted by molar-refractivity contribution is 7.99. The summed E-state index contributed by atoms with van der Waals surface area (Å²) >= 11 is 1.48. The van der Waals surface area contributed by atoms with Crippen molar-refractivity contribution < 1.29 is 9.53 Å². The molecular weight excluding hydrogens is 434 g/mol. The lowest BCUT2D eigenvalue weighted by Crippen LogP contribution is -2.14. The summed E-state index contributed by atoms with van der Waals surface area (Å²) < 4.78 is 9.72. The van der Waals surface area contributed by atoms with E-state index in [1.165, 1.54) is 11.8 Å². The average molecular weight is 464 g/mol. The van der Waals surface area contributed by atoms with Gasteiger partial charge in [-0.1, -0.05) is 30.0 Å². The molecule has 1 aliphatic carbocycles. The Morgan fingerprint density at radius 3 is 2.82 bits per heavy atom. The number of carbonyl (C=O) groups is 1. The van der Waals surface area contributed by atoms with Crippen LogP contribution in [0, 0.1) is 13.8 Å². The molecule has 1 aromatic carbocycles. The lowest BCUT2D eigenvalue weighted by molar-refractivity contribution is 0.102. The van der Waals surface area contributed by atoms with Gasteiger partial charge in [0.05, 0.1) is 18.4 Å². The van der Waals surface area contributed by atoms with E-state index in [1.807, 2.05) is 38.2 Å². The van der Waals surface area contributed by atoms with Crippen molar-refractivity contribution in [2.45, 2.75) is 50.9 Å². The van der Waals surface area contributed by atoms with Gasteiger partial charge in [0.15, 0.2) is 16.8 Å². The molecule has 1 aliphatic rings. The van der Waals surface area contributed by atoms with Gasteiger partial charge in [0, 0.05) is 52.8 Å². The molecule has 0 radical (unpaired) electrons. The van der Waals surface area contributed by atoms with Crippen molar-refractivity contribution in [3.8, 4) is 11.4 Å². The number of H-pyrrole nitrogens is 1. The van der Waals surface area contributed by atoms with E-state index in [4.69, 9.17) is 4.74 Å². The number of aromatic nitrogens is 5. The van der Waals surface area contributed by atoms with Gasteiger partial charge in [0.1, 0.15) is 0 Å². The highest BCUT2D eigenvalue weighted by Gasteiger charge is 2.31. The molecular formula is C25H29N5O2S. The Hall–Kier alpha value is -2.84. The van der Waals surface area contributed by atoms with E-state index in [9.17, 15) is 4.79 Å². The molecule has 1 N–H and O–H groups in total. The van der Waals surface area contributed by atoms with Gasteiger partial charge in [-0.2, -0.15) is 0 Å². The van der Waals surface area contributed by atoms with Crippen LogP contribution in [0.2, 0.25) is 0 Å². The zero-order valence-corrected chi connectivity index (χ0v) is 20.3. The molecule has 0 bridgehead atoms. The van der Waals surface area contributed by atoms with Crippen LogP contribution in [0.25, 0.3) is 22.3 Å². The summed E-state index contributed by atoms with van der Waals surface area (Å²) in [7, 11) is 1.70. The molecule has 3 heterocycles. The summed E-state index contributed by atoms with van der Waals surface area (Å²) in [4.78, 5) is 16.5. The molecule has 0 spiro atoms. The molecule has 5 rings (SSSR count). The fraction of sp³-hybridized carbons (Fsp3) is 0.400. The van der Waals surface area contributed by atoms with E-state index in [1.54, 1.807) is 7.11 Å². The topological polar surface area (TPSA) is 77.7 Å². The molecule has 0 amide bonds. The first-order valence-electron chi connectivity index (χ1n) is 11.3. The van der Waals surface area contributed by atoms with Gasteiger partial charge < -0.3 is 14.3 Å². The Balaban J connectivity index is 1.39. The fourth-order valence-corrected chi connectivity index (χ4v) is 5.63. The van der Waals surface area contributed by atoms with E-state index in [0.29, 0.717) is 18.4 Å². The van der Waals surface area contributed by atoms with Crippen LogP contribution in [0.4, 0.5) is 0 Å². The van der Waals surface area contributed by atoms with Crippen molar-refractivity contribution in [1.29, 1.82) is 0 Å². The molecule has 1 atom stereocenters. The van der Waals surface area contributed by atoms with Crippen LogP contribution in [-0.4, -0.2) is 49.6 Å². The maximum atomic E-state index is 13.2. The number of para-hydroxylation sites is 1. The number of hydrogen-bond acceptors (Lipinski definition) is 5. The van der Waals surface area contributed by atoms with Gasteiger partial charge in [0.2, 0.25) is 0 Å². The summed E-state index contributed by atoms with van der Waals surface area (Å²) in [6.07, 6.45) is 4.24. The molecule has 172 valence electrons. The molecule has 1 saturated carbocycles. The van der Waals surface area contributed by atoms with Crippen molar-refractivity contribution >= 4 is 28.4 Å². The second-order valence-corrected chi connectivity index (χ2v) is 9.77. The molecule has 33 heavy (non-hydrogen) atoms. The summed E-state index contributed by atoms with van der Waals surface area (Å²) in [6.45, 7) is 6.77. The molecule has 4 aromatic rings. The molecule has 7 nitrogen and oxygen atoms in total. The largest absolute Gasteiger partial charge is 0.383 e. The van der Waals surface area contributed by atoms with Gasteiger partial charge in [-0.15, -0.1) is 10.2 Å². The Morgan fingerprint density at radius 1 is 1.27 bits per heavy atom. The summed E-state index contributed by atoms with van der Waals surface area (Å²) in [5, 5.41) is 11.0. The van der Waals surface area contributed by atoms with Gasteiger partial charge in [0.25, 0.3) is 0 Å². The third-order valence-electron chi connectivity index (χ3n) is 6.37. The number of carbonyl (C=O) groups excluding carboxylic acids is 1. The van der Waals surface area contributed by atoms with Crippen molar-refractivity contribution in [2.75, 3.05) is 19.5 Å². The third kappa shape index (κ3) is 4.02. The number of rotatable bonds is 9. The van der Waals surface area contributed by atoms with Crippen molar-refractivity contribution in [2.24, 2.45) is 0 Å².